The summed E-state index contributed by atoms with van der Waals surface area (Å²) in [5, 5.41) is 2.84. The van der Waals surface area contributed by atoms with Gasteiger partial charge in [0.2, 0.25) is 5.89 Å². The van der Waals surface area contributed by atoms with E-state index in [1.54, 1.807) is 0 Å². The zero-order valence-electron chi connectivity index (χ0n) is 17.0. The summed E-state index contributed by atoms with van der Waals surface area (Å²) in [5.41, 5.74) is 6.36. The zero-order valence-corrected chi connectivity index (χ0v) is 18.5. The van der Waals surface area contributed by atoms with Gasteiger partial charge < -0.3 is 14.5 Å². The Morgan fingerprint density at radius 1 is 1.03 bits per heavy atom. The lowest BCUT2D eigenvalue weighted by Gasteiger charge is -2.10. The Morgan fingerprint density at radius 2 is 1.80 bits per heavy atom. The number of hydrogen-bond donors (Lipinski definition) is 1. The lowest BCUT2D eigenvalue weighted by molar-refractivity contribution is -0.118. The fourth-order valence-corrected chi connectivity index (χ4v) is 3.79. The molecule has 0 aliphatic heterocycles. The highest BCUT2D eigenvalue weighted by Gasteiger charge is 2.11. The second kappa shape index (κ2) is 8.32. The molecule has 4 rings (SSSR count). The van der Waals surface area contributed by atoms with Crippen molar-refractivity contribution < 1.29 is 13.9 Å². The summed E-state index contributed by atoms with van der Waals surface area (Å²) in [6.45, 7) is 5.93. The van der Waals surface area contributed by atoms with Gasteiger partial charge in [-0.2, -0.15) is 0 Å². The molecule has 0 unspecified atom stereocenters. The minimum Gasteiger partial charge on any atom is -0.483 e. The first-order valence-electron chi connectivity index (χ1n) is 9.56. The number of oxazole rings is 1. The molecule has 6 heteroatoms. The van der Waals surface area contributed by atoms with E-state index in [0.717, 1.165) is 37.8 Å². The molecule has 0 atom stereocenters. The molecule has 1 aromatic heterocycles. The van der Waals surface area contributed by atoms with Gasteiger partial charge in [0.1, 0.15) is 11.3 Å². The van der Waals surface area contributed by atoms with Crippen molar-refractivity contribution in [1.82, 2.24) is 4.98 Å². The van der Waals surface area contributed by atoms with Gasteiger partial charge in [-0.15, -0.1) is 0 Å². The smallest absolute Gasteiger partial charge is 0.262 e. The van der Waals surface area contributed by atoms with E-state index in [1.807, 2.05) is 69.3 Å². The highest BCUT2D eigenvalue weighted by molar-refractivity contribution is 9.10. The molecular weight excluding hydrogens is 444 g/mol. The number of amides is 1. The Hall–Kier alpha value is -3.12. The van der Waals surface area contributed by atoms with Crippen molar-refractivity contribution in [3.05, 3.63) is 75.8 Å². The molecule has 152 valence electrons. The number of hydrogen-bond acceptors (Lipinski definition) is 4. The van der Waals surface area contributed by atoms with E-state index in [1.165, 1.54) is 0 Å². The number of fused-ring (bicyclic) bond motifs is 1. The monoisotopic (exact) mass is 464 g/mol. The van der Waals surface area contributed by atoms with E-state index in [2.05, 4.69) is 32.3 Å². The van der Waals surface area contributed by atoms with Gasteiger partial charge in [0.05, 0.1) is 0 Å². The molecule has 0 bridgehead atoms. The second-order valence-electron chi connectivity index (χ2n) is 7.27. The molecule has 0 aliphatic rings. The standard InChI is InChI=1S/C24H21BrN2O3/c1-14-10-16(3)23-20(11-14)27-24(30-23)17-4-7-19(8-5-17)26-22(28)13-29-21-9-6-18(25)12-15(21)2/h4-12H,13H2,1-3H3,(H,26,28). The number of nitrogens with one attached hydrogen (secondary N) is 1. The first-order chi connectivity index (χ1) is 14.4. The van der Waals surface area contributed by atoms with E-state index < -0.39 is 0 Å². The SMILES string of the molecule is Cc1cc(C)c2oc(-c3ccc(NC(=O)COc4ccc(Br)cc4C)cc3)nc2c1. The van der Waals surface area contributed by atoms with Gasteiger partial charge in [-0.1, -0.05) is 22.0 Å². The van der Waals surface area contributed by atoms with Crippen LogP contribution >= 0.6 is 15.9 Å². The van der Waals surface area contributed by atoms with Crippen molar-refractivity contribution in [3.63, 3.8) is 0 Å². The van der Waals surface area contributed by atoms with E-state index in [0.29, 0.717) is 17.3 Å². The van der Waals surface area contributed by atoms with Gasteiger partial charge in [0.15, 0.2) is 12.2 Å². The average molecular weight is 465 g/mol. The summed E-state index contributed by atoms with van der Waals surface area (Å²) in [4.78, 5) is 16.8. The zero-order chi connectivity index (χ0) is 21.3. The first kappa shape index (κ1) is 20.2. The lowest BCUT2D eigenvalue weighted by atomic mass is 10.1. The number of ether oxygens (including phenoxy) is 1. The molecule has 1 N–H and O–H groups in total. The minimum absolute atomic E-state index is 0.0615. The van der Waals surface area contributed by atoms with Crippen molar-refractivity contribution >= 4 is 38.6 Å². The van der Waals surface area contributed by atoms with Gasteiger partial charge in [-0.05, 0) is 86.0 Å². The maximum absolute atomic E-state index is 12.2. The number of carbonyl (C=O) groups is 1. The molecule has 1 heterocycles. The van der Waals surface area contributed by atoms with Crippen LogP contribution in [0.1, 0.15) is 16.7 Å². The van der Waals surface area contributed by atoms with Crippen molar-refractivity contribution in [2.75, 3.05) is 11.9 Å². The third kappa shape index (κ3) is 4.39. The predicted molar refractivity (Wildman–Crippen MR) is 122 cm³/mol. The second-order valence-corrected chi connectivity index (χ2v) is 8.19. The van der Waals surface area contributed by atoms with Gasteiger partial charge in [-0.3, -0.25) is 4.79 Å². The number of nitrogens with zero attached hydrogens (tertiary/aromatic N) is 1. The molecule has 0 spiro atoms. The molecule has 5 nitrogen and oxygen atoms in total. The van der Waals surface area contributed by atoms with Gasteiger partial charge >= 0.3 is 0 Å². The third-order valence-corrected chi connectivity index (χ3v) is 5.22. The number of halogens is 1. The number of anilines is 1. The summed E-state index contributed by atoms with van der Waals surface area (Å²) in [5.74, 6) is 1.02. The maximum atomic E-state index is 12.2. The van der Waals surface area contributed by atoms with Crippen LogP contribution < -0.4 is 10.1 Å². The molecule has 0 saturated heterocycles. The predicted octanol–water partition coefficient (Wildman–Crippen LogP) is 6.20. The normalized spacial score (nSPS) is 10.9. The van der Waals surface area contributed by atoms with E-state index >= 15 is 0 Å². The van der Waals surface area contributed by atoms with Crippen LogP contribution in [0.5, 0.6) is 5.75 Å². The number of aromatic nitrogens is 1. The van der Waals surface area contributed by atoms with E-state index in [4.69, 9.17) is 9.15 Å². The van der Waals surface area contributed by atoms with Crippen LogP contribution in [-0.2, 0) is 4.79 Å². The molecule has 1 amide bonds. The topological polar surface area (TPSA) is 64.4 Å². The molecule has 0 aliphatic carbocycles. The van der Waals surface area contributed by atoms with E-state index in [9.17, 15) is 4.79 Å². The van der Waals surface area contributed by atoms with Crippen LogP contribution in [0.2, 0.25) is 0 Å². The highest BCUT2D eigenvalue weighted by Crippen LogP contribution is 2.28. The molecule has 0 fully saturated rings. The molecule has 0 radical (unpaired) electrons. The first-order valence-corrected chi connectivity index (χ1v) is 10.4. The van der Waals surface area contributed by atoms with Gasteiger partial charge in [-0.25, -0.2) is 4.98 Å². The van der Waals surface area contributed by atoms with Gasteiger partial charge in [0, 0.05) is 15.7 Å². The van der Waals surface area contributed by atoms with E-state index in [-0.39, 0.29) is 12.5 Å². The molecular formula is C24H21BrN2O3. The average Bonchev–Trinajstić information content (AvgIpc) is 3.12. The number of rotatable bonds is 5. The fraction of sp³-hybridized carbons (Fsp3) is 0.167. The number of aryl methyl sites for hydroxylation is 3. The largest absolute Gasteiger partial charge is 0.483 e. The fourth-order valence-electron chi connectivity index (χ4n) is 3.31. The Balaban J connectivity index is 1.42. The summed E-state index contributed by atoms with van der Waals surface area (Å²) >= 11 is 3.41. The Morgan fingerprint density at radius 3 is 2.53 bits per heavy atom. The summed E-state index contributed by atoms with van der Waals surface area (Å²) in [7, 11) is 0. The van der Waals surface area contributed by atoms with Crippen LogP contribution in [0.3, 0.4) is 0 Å². The summed E-state index contributed by atoms with van der Waals surface area (Å²) in [6, 6.07) is 17.2. The van der Waals surface area contributed by atoms with Crippen molar-refractivity contribution in [3.8, 4) is 17.2 Å². The maximum Gasteiger partial charge on any atom is 0.262 e. The number of carbonyl (C=O) groups excluding carboxylic acids is 1. The van der Waals surface area contributed by atoms with Crippen LogP contribution in [0, 0.1) is 20.8 Å². The van der Waals surface area contributed by atoms with Crippen LogP contribution in [0.25, 0.3) is 22.6 Å². The minimum atomic E-state index is -0.224. The third-order valence-electron chi connectivity index (χ3n) is 4.73. The highest BCUT2D eigenvalue weighted by atomic mass is 79.9. The van der Waals surface area contributed by atoms with Crippen LogP contribution in [0.15, 0.2) is 63.5 Å². The quantitative estimate of drug-likeness (QED) is 0.381. The Labute approximate surface area is 183 Å². The number of benzene rings is 3. The van der Waals surface area contributed by atoms with Crippen LogP contribution in [-0.4, -0.2) is 17.5 Å². The summed E-state index contributed by atoms with van der Waals surface area (Å²) < 4.78 is 12.5. The van der Waals surface area contributed by atoms with Crippen molar-refractivity contribution in [2.45, 2.75) is 20.8 Å². The molecule has 0 saturated carbocycles. The molecule has 4 aromatic rings. The molecule has 3 aromatic carbocycles. The van der Waals surface area contributed by atoms with Gasteiger partial charge in [0.25, 0.3) is 5.91 Å². The lowest BCUT2D eigenvalue weighted by Crippen LogP contribution is -2.20. The Kier molecular flexibility index (Phi) is 5.59. The van der Waals surface area contributed by atoms with Crippen molar-refractivity contribution in [2.24, 2.45) is 0 Å². The Bertz CT molecular complexity index is 1230. The summed E-state index contributed by atoms with van der Waals surface area (Å²) in [6.07, 6.45) is 0. The van der Waals surface area contributed by atoms with Crippen molar-refractivity contribution in [1.29, 1.82) is 0 Å². The van der Waals surface area contributed by atoms with Crippen LogP contribution in [0.4, 0.5) is 5.69 Å². The molecule has 30 heavy (non-hydrogen) atoms.